The van der Waals surface area contributed by atoms with Gasteiger partial charge in [0, 0.05) is 45.7 Å². The number of halogens is 1. The van der Waals surface area contributed by atoms with Gasteiger partial charge in [-0.3, -0.25) is 9.69 Å². The first kappa shape index (κ1) is 23.7. The van der Waals surface area contributed by atoms with Crippen molar-refractivity contribution in [1.29, 1.82) is 0 Å². The number of ether oxygens (including phenoxy) is 1. The Balaban J connectivity index is 1.73. The second-order valence-electron chi connectivity index (χ2n) is 7.75. The van der Waals surface area contributed by atoms with Crippen molar-refractivity contribution in [2.75, 3.05) is 33.2 Å². The summed E-state index contributed by atoms with van der Waals surface area (Å²) < 4.78 is 44.8. The van der Waals surface area contributed by atoms with Gasteiger partial charge in [-0.25, -0.2) is 17.1 Å². The normalized spacial score (nSPS) is 21.9. The minimum Gasteiger partial charge on any atom is -0.373 e. The number of benzene rings is 1. The lowest BCUT2D eigenvalue weighted by atomic mass is 10.1. The molecule has 1 aromatic carbocycles. The molecule has 164 valence electrons. The van der Waals surface area contributed by atoms with Gasteiger partial charge in [0.1, 0.15) is 5.82 Å². The van der Waals surface area contributed by atoms with E-state index in [0.29, 0.717) is 13.0 Å². The quantitative estimate of drug-likeness (QED) is 0.648. The summed E-state index contributed by atoms with van der Waals surface area (Å²) in [6, 6.07) is 4.91. The third-order valence-electron chi connectivity index (χ3n) is 5.06. The molecule has 0 bridgehead atoms. The van der Waals surface area contributed by atoms with Crippen molar-refractivity contribution in [2.45, 2.75) is 56.8 Å². The van der Waals surface area contributed by atoms with Crippen LogP contribution in [0.2, 0.25) is 0 Å². The van der Waals surface area contributed by atoms with E-state index in [1.807, 2.05) is 13.8 Å². The molecule has 7 nitrogen and oxygen atoms in total. The van der Waals surface area contributed by atoms with Gasteiger partial charge in [0.25, 0.3) is 0 Å². The summed E-state index contributed by atoms with van der Waals surface area (Å²) in [6.45, 7) is 8.60. The van der Waals surface area contributed by atoms with Crippen LogP contribution in [-0.4, -0.2) is 75.0 Å². The molecule has 0 saturated carbocycles. The topological polar surface area (TPSA) is 79.0 Å². The van der Waals surface area contributed by atoms with Crippen LogP contribution in [0.3, 0.4) is 0 Å². The van der Waals surface area contributed by atoms with E-state index >= 15 is 0 Å². The van der Waals surface area contributed by atoms with Crippen molar-refractivity contribution >= 4 is 15.9 Å². The standard InChI is InChI=1S/C20H32FN3O4S/c1-15(24-13-16(2)28-17(3)14-24)12-22-20(25)6-5-11-23(4)29(26,27)19-9-7-18(21)8-10-19/h7-10,15-17H,5-6,11-14H2,1-4H3,(H,22,25). The van der Waals surface area contributed by atoms with Crippen molar-refractivity contribution in [2.24, 2.45) is 0 Å². The number of morpholine rings is 1. The molecule has 3 atom stereocenters. The fraction of sp³-hybridized carbons (Fsp3) is 0.650. The van der Waals surface area contributed by atoms with Gasteiger partial charge < -0.3 is 10.1 Å². The first-order valence-corrected chi connectivity index (χ1v) is 11.4. The molecule has 1 amide bonds. The number of nitrogens with one attached hydrogen (secondary N) is 1. The number of rotatable bonds is 9. The smallest absolute Gasteiger partial charge is 0.242 e. The molecule has 1 saturated heterocycles. The molecule has 9 heteroatoms. The van der Waals surface area contributed by atoms with Gasteiger partial charge in [0.05, 0.1) is 17.1 Å². The summed E-state index contributed by atoms with van der Waals surface area (Å²) in [4.78, 5) is 14.5. The highest BCUT2D eigenvalue weighted by Gasteiger charge is 2.26. The zero-order valence-electron chi connectivity index (χ0n) is 17.6. The highest BCUT2D eigenvalue weighted by atomic mass is 32.2. The average Bonchev–Trinajstić information content (AvgIpc) is 2.65. The van der Waals surface area contributed by atoms with Gasteiger partial charge in [0.2, 0.25) is 15.9 Å². The highest BCUT2D eigenvalue weighted by molar-refractivity contribution is 7.89. The Kier molecular flexibility index (Phi) is 8.57. The van der Waals surface area contributed by atoms with Crippen molar-refractivity contribution in [3.63, 3.8) is 0 Å². The number of hydrogen-bond donors (Lipinski definition) is 1. The Morgan fingerprint density at radius 2 is 1.86 bits per heavy atom. The SMILES string of the molecule is CC1CN(C(C)CNC(=O)CCCN(C)S(=O)(=O)c2ccc(F)cc2)CC(C)O1. The zero-order chi connectivity index (χ0) is 21.6. The molecule has 0 radical (unpaired) electrons. The number of nitrogens with zero attached hydrogens (tertiary/aromatic N) is 2. The first-order valence-electron chi connectivity index (χ1n) is 9.97. The second kappa shape index (κ2) is 10.5. The number of carbonyl (C=O) groups excluding carboxylic acids is 1. The van der Waals surface area contributed by atoms with Crippen LogP contribution in [0.4, 0.5) is 4.39 Å². The van der Waals surface area contributed by atoms with Crippen LogP contribution in [0.15, 0.2) is 29.2 Å². The fourth-order valence-electron chi connectivity index (χ4n) is 3.43. The zero-order valence-corrected chi connectivity index (χ0v) is 18.4. The third kappa shape index (κ3) is 7.02. The van der Waals surface area contributed by atoms with E-state index in [1.54, 1.807) is 0 Å². The molecule has 1 fully saturated rings. The molecule has 1 aliphatic heterocycles. The minimum absolute atomic E-state index is 0.0358. The molecule has 1 N–H and O–H groups in total. The predicted molar refractivity (Wildman–Crippen MR) is 110 cm³/mol. The third-order valence-corrected chi connectivity index (χ3v) is 6.94. The number of amides is 1. The van der Waals surface area contributed by atoms with Gasteiger partial charge in [-0.05, 0) is 51.5 Å². The van der Waals surface area contributed by atoms with E-state index in [0.717, 1.165) is 25.2 Å². The molecule has 3 unspecified atom stereocenters. The van der Waals surface area contributed by atoms with Crippen LogP contribution in [0.25, 0.3) is 0 Å². The molecule has 0 spiro atoms. The fourth-order valence-corrected chi connectivity index (χ4v) is 4.63. The van der Waals surface area contributed by atoms with Crippen molar-refractivity contribution in [3.05, 3.63) is 30.1 Å². The maximum Gasteiger partial charge on any atom is 0.242 e. The molecule has 1 aliphatic rings. The monoisotopic (exact) mass is 429 g/mol. The van der Waals surface area contributed by atoms with E-state index in [2.05, 4.69) is 17.1 Å². The Labute approximate surface area is 173 Å². The average molecular weight is 430 g/mol. The summed E-state index contributed by atoms with van der Waals surface area (Å²) in [5, 5.41) is 2.93. The molecule has 1 aromatic rings. The van der Waals surface area contributed by atoms with Crippen molar-refractivity contribution in [1.82, 2.24) is 14.5 Å². The van der Waals surface area contributed by atoms with Crippen molar-refractivity contribution in [3.8, 4) is 0 Å². The van der Waals surface area contributed by atoms with Crippen LogP contribution in [0.5, 0.6) is 0 Å². The summed E-state index contributed by atoms with van der Waals surface area (Å²) >= 11 is 0. The molecular weight excluding hydrogens is 397 g/mol. The van der Waals surface area contributed by atoms with Gasteiger partial charge in [0.15, 0.2) is 0 Å². The van der Waals surface area contributed by atoms with Gasteiger partial charge in [-0.1, -0.05) is 0 Å². The number of sulfonamides is 1. The largest absolute Gasteiger partial charge is 0.373 e. The maximum absolute atomic E-state index is 13.0. The molecule has 2 rings (SSSR count). The van der Waals surface area contributed by atoms with E-state index in [-0.39, 0.29) is 42.0 Å². The molecule has 1 heterocycles. The summed E-state index contributed by atoms with van der Waals surface area (Å²) in [7, 11) is -2.23. The van der Waals surface area contributed by atoms with E-state index in [4.69, 9.17) is 4.74 Å². The van der Waals surface area contributed by atoms with Crippen LogP contribution < -0.4 is 5.32 Å². The summed E-state index contributed by atoms with van der Waals surface area (Å²) in [6.07, 6.45) is 1.00. The Bertz CT molecular complexity index is 762. The summed E-state index contributed by atoms with van der Waals surface area (Å²) in [5.74, 6) is -0.586. The van der Waals surface area contributed by atoms with Gasteiger partial charge in [-0.15, -0.1) is 0 Å². The van der Waals surface area contributed by atoms with E-state index in [1.165, 1.54) is 23.5 Å². The molecule has 0 aromatic heterocycles. The van der Waals surface area contributed by atoms with Gasteiger partial charge >= 0.3 is 0 Å². The van der Waals surface area contributed by atoms with Crippen LogP contribution in [0, 0.1) is 5.82 Å². The number of hydrogen-bond acceptors (Lipinski definition) is 5. The second-order valence-corrected chi connectivity index (χ2v) is 9.79. The Hall–Kier alpha value is -1.55. The maximum atomic E-state index is 13.0. The van der Waals surface area contributed by atoms with Gasteiger partial charge in [-0.2, -0.15) is 0 Å². The van der Waals surface area contributed by atoms with Crippen molar-refractivity contribution < 1.29 is 22.3 Å². The molecule has 29 heavy (non-hydrogen) atoms. The Morgan fingerprint density at radius 1 is 1.28 bits per heavy atom. The molecular formula is C20H32FN3O4S. The van der Waals surface area contributed by atoms with Crippen LogP contribution >= 0.6 is 0 Å². The van der Waals surface area contributed by atoms with E-state index in [9.17, 15) is 17.6 Å². The summed E-state index contributed by atoms with van der Waals surface area (Å²) in [5.41, 5.74) is 0. The van der Waals surface area contributed by atoms with E-state index < -0.39 is 15.8 Å². The molecule has 0 aliphatic carbocycles. The lowest BCUT2D eigenvalue weighted by Crippen LogP contribution is -2.52. The lowest BCUT2D eigenvalue weighted by molar-refractivity contribution is -0.121. The highest BCUT2D eigenvalue weighted by Crippen LogP contribution is 2.16. The predicted octanol–water partition coefficient (Wildman–Crippen LogP) is 1.84. The van der Waals surface area contributed by atoms with Crippen LogP contribution in [-0.2, 0) is 19.6 Å². The number of carbonyl (C=O) groups is 1. The first-order chi connectivity index (χ1) is 13.6. The minimum atomic E-state index is -3.69. The lowest BCUT2D eigenvalue weighted by Gasteiger charge is -2.39. The Morgan fingerprint density at radius 3 is 2.45 bits per heavy atom. The van der Waals surface area contributed by atoms with Crippen LogP contribution in [0.1, 0.15) is 33.6 Å².